The molecule has 0 radical (unpaired) electrons. The Morgan fingerprint density at radius 3 is 3.10 bits per heavy atom. The van der Waals surface area contributed by atoms with Crippen LogP contribution in [0.4, 0.5) is 0 Å². The first-order chi connectivity index (χ1) is 10.3. The minimum Gasteiger partial charge on any atom is -0.374 e. The number of nitrogens with zero attached hydrogens (tertiary/aromatic N) is 1. The van der Waals surface area contributed by atoms with E-state index < -0.39 is 0 Å². The predicted octanol–water partition coefficient (Wildman–Crippen LogP) is 2.01. The number of carbonyl (C=O) groups excluding carboxylic acids is 1. The molecule has 1 amide bonds. The molecule has 5 heteroatoms. The number of hydrogen-bond donors (Lipinski definition) is 1. The first kappa shape index (κ1) is 13.7. The van der Waals surface area contributed by atoms with Crippen molar-refractivity contribution in [2.45, 2.75) is 50.4 Å². The summed E-state index contributed by atoms with van der Waals surface area (Å²) >= 11 is 1.81. The van der Waals surface area contributed by atoms with Crippen LogP contribution in [-0.2, 0) is 16.1 Å². The second kappa shape index (κ2) is 5.71. The van der Waals surface area contributed by atoms with E-state index in [0.29, 0.717) is 6.04 Å². The largest absolute Gasteiger partial charge is 0.374 e. The third kappa shape index (κ3) is 2.87. The van der Waals surface area contributed by atoms with Crippen molar-refractivity contribution in [2.75, 3.05) is 13.2 Å². The van der Waals surface area contributed by atoms with Gasteiger partial charge >= 0.3 is 0 Å². The molecule has 1 aromatic heterocycles. The van der Waals surface area contributed by atoms with Gasteiger partial charge in [-0.1, -0.05) is 6.07 Å². The van der Waals surface area contributed by atoms with Crippen LogP contribution >= 0.6 is 11.3 Å². The lowest BCUT2D eigenvalue weighted by molar-refractivity contribution is -0.124. The van der Waals surface area contributed by atoms with Crippen molar-refractivity contribution in [1.29, 1.82) is 0 Å². The fraction of sp³-hybridized carbons (Fsp3) is 0.688. The number of thiophene rings is 1. The van der Waals surface area contributed by atoms with Gasteiger partial charge in [0.2, 0.25) is 5.91 Å². The van der Waals surface area contributed by atoms with Crippen molar-refractivity contribution in [3.05, 3.63) is 22.4 Å². The highest BCUT2D eigenvalue weighted by atomic mass is 32.1. The maximum atomic E-state index is 12.1. The molecule has 2 saturated heterocycles. The van der Waals surface area contributed by atoms with Crippen molar-refractivity contribution in [3.8, 4) is 0 Å². The van der Waals surface area contributed by atoms with E-state index in [9.17, 15) is 4.79 Å². The van der Waals surface area contributed by atoms with Gasteiger partial charge in [0.25, 0.3) is 0 Å². The summed E-state index contributed by atoms with van der Waals surface area (Å²) in [6, 6.07) is 4.94. The predicted molar refractivity (Wildman–Crippen MR) is 82.1 cm³/mol. The van der Waals surface area contributed by atoms with Crippen LogP contribution in [0.15, 0.2) is 17.5 Å². The molecule has 1 N–H and O–H groups in total. The van der Waals surface area contributed by atoms with Gasteiger partial charge in [0, 0.05) is 36.5 Å². The van der Waals surface area contributed by atoms with Crippen LogP contribution in [0.25, 0.3) is 0 Å². The standard InChI is InChI=1S/C16H22N2O2S/c19-16(11-5-6-11)17-13-10-18(9-12-3-2-8-21-12)14-4-1-7-20-15(13)14/h2-3,8,11,13-15H,1,4-7,9-10H2,(H,17,19)/t13-,14+,15+/m1/s1. The van der Waals surface area contributed by atoms with E-state index in [1.165, 1.54) is 11.3 Å². The number of ether oxygens (including phenoxy) is 1. The summed E-state index contributed by atoms with van der Waals surface area (Å²) in [6.07, 6.45) is 4.62. The van der Waals surface area contributed by atoms with Crippen LogP contribution in [0.3, 0.4) is 0 Å². The highest BCUT2D eigenvalue weighted by molar-refractivity contribution is 7.09. The maximum absolute atomic E-state index is 12.1. The van der Waals surface area contributed by atoms with Gasteiger partial charge in [0.05, 0.1) is 12.1 Å². The van der Waals surface area contributed by atoms with Crippen LogP contribution in [0.5, 0.6) is 0 Å². The number of rotatable bonds is 4. The molecule has 3 atom stereocenters. The minimum atomic E-state index is 0.170. The average Bonchev–Trinajstić information content (AvgIpc) is 3.14. The first-order valence-electron chi connectivity index (χ1n) is 7.99. The Balaban J connectivity index is 1.45. The van der Waals surface area contributed by atoms with E-state index in [2.05, 4.69) is 27.7 Å². The number of fused-ring (bicyclic) bond motifs is 1. The lowest BCUT2D eigenvalue weighted by Crippen LogP contribution is -2.48. The Bertz CT molecular complexity index is 500. The molecular formula is C16H22N2O2S. The van der Waals surface area contributed by atoms with E-state index >= 15 is 0 Å². The molecule has 3 heterocycles. The summed E-state index contributed by atoms with van der Waals surface area (Å²) in [7, 11) is 0. The highest BCUT2D eigenvalue weighted by Gasteiger charge is 2.45. The molecule has 1 aromatic rings. The molecule has 1 saturated carbocycles. The summed E-state index contributed by atoms with van der Waals surface area (Å²) in [5.74, 6) is 0.518. The van der Waals surface area contributed by atoms with E-state index in [1.807, 2.05) is 11.3 Å². The third-order valence-electron chi connectivity index (χ3n) is 4.85. The second-order valence-corrected chi connectivity index (χ2v) is 7.48. The summed E-state index contributed by atoms with van der Waals surface area (Å²) in [5, 5.41) is 5.38. The number of likely N-dealkylation sites (tertiary alicyclic amines) is 1. The Morgan fingerprint density at radius 2 is 2.33 bits per heavy atom. The van der Waals surface area contributed by atoms with Gasteiger partial charge in [-0.2, -0.15) is 0 Å². The zero-order chi connectivity index (χ0) is 14.2. The zero-order valence-electron chi connectivity index (χ0n) is 12.2. The summed E-state index contributed by atoms with van der Waals surface area (Å²) in [5.41, 5.74) is 0. The van der Waals surface area contributed by atoms with Crippen molar-refractivity contribution in [3.63, 3.8) is 0 Å². The summed E-state index contributed by atoms with van der Waals surface area (Å²) in [4.78, 5) is 16.0. The minimum absolute atomic E-state index is 0.170. The molecular weight excluding hydrogens is 284 g/mol. The normalized spacial score (nSPS) is 32.9. The van der Waals surface area contributed by atoms with Crippen LogP contribution in [-0.4, -0.2) is 42.1 Å². The topological polar surface area (TPSA) is 41.6 Å². The van der Waals surface area contributed by atoms with Crippen molar-refractivity contribution in [2.24, 2.45) is 5.92 Å². The van der Waals surface area contributed by atoms with Gasteiger partial charge in [-0.25, -0.2) is 0 Å². The van der Waals surface area contributed by atoms with Crippen molar-refractivity contribution in [1.82, 2.24) is 10.2 Å². The first-order valence-corrected chi connectivity index (χ1v) is 8.87. The molecule has 0 spiro atoms. The Kier molecular flexibility index (Phi) is 3.73. The maximum Gasteiger partial charge on any atom is 0.223 e. The van der Waals surface area contributed by atoms with Gasteiger partial charge in [0.1, 0.15) is 0 Å². The third-order valence-corrected chi connectivity index (χ3v) is 5.71. The molecule has 3 fully saturated rings. The molecule has 2 aliphatic heterocycles. The molecule has 0 bridgehead atoms. The van der Waals surface area contributed by atoms with Crippen LogP contribution in [0.2, 0.25) is 0 Å². The van der Waals surface area contributed by atoms with E-state index in [1.54, 1.807) is 0 Å². The molecule has 114 valence electrons. The van der Waals surface area contributed by atoms with E-state index in [0.717, 1.165) is 39.0 Å². The van der Waals surface area contributed by atoms with Crippen molar-refractivity contribution >= 4 is 17.2 Å². The van der Waals surface area contributed by atoms with Crippen molar-refractivity contribution < 1.29 is 9.53 Å². The second-order valence-electron chi connectivity index (χ2n) is 6.44. The summed E-state index contributed by atoms with van der Waals surface area (Å²) in [6.45, 7) is 2.74. The monoisotopic (exact) mass is 306 g/mol. The molecule has 4 nitrogen and oxygen atoms in total. The fourth-order valence-electron chi connectivity index (χ4n) is 3.61. The lowest BCUT2D eigenvalue weighted by Gasteiger charge is -2.32. The Labute approximate surface area is 129 Å². The molecule has 21 heavy (non-hydrogen) atoms. The lowest BCUT2D eigenvalue weighted by atomic mass is 10.0. The molecule has 0 unspecified atom stereocenters. The number of carbonyl (C=O) groups is 1. The number of amides is 1. The Hall–Kier alpha value is -0.910. The SMILES string of the molecule is O=C(N[C@@H]1CN(Cc2cccs2)[C@H]2CCCO[C@@H]12)C1CC1. The van der Waals surface area contributed by atoms with Gasteiger partial charge in [0.15, 0.2) is 0 Å². The number of hydrogen-bond acceptors (Lipinski definition) is 4. The molecule has 1 aliphatic carbocycles. The van der Waals surface area contributed by atoms with Gasteiger partial charge in [-0.15, -0.1) is 11.3 Å². The molecule has 3 aliphatic rings. The van der Waals surface area contributed by atoms with Crippen LogP contribution in [0.1, 0.15) is 30.6 Å². The fourth-order valence-corrected chi connectivity index (χ4v) is 4.34. The zero-order valence-corrected chi connectivity index (χ0v) is 13.0. The van der Waals surface area contributed by atoms with Crippen LogP contribution in [0, 0.1) is 5.92 Å². The quantitative estimate of drug-likeness (QED) is 0.925. The summed E-state index contributed by atoms with van der Waals surface area (Å²) < 4.78 is 6.01. The Morgan fingerprint density at radius 1 is 1.43 bits per heavy atom. The number of nitrogens with one attached hydrogen (secondary N) is 1. The van der Waals surface area contributed by atoms with Gasteiger partial charge in [-0.3, -0.25) is 9.69 Å². The molecule has 0 aromatic carbocycles. The smallest absolute Gasteiger partial charge is 0.223 e. The van der Waals surface area contributed by atoms with Gasteiger partial charge in [-0.05, 0) is 37.1 Å². The average molecular weight is 306 g/mol. The van der Waals surface area contributed by atoms with Crippen LogP contribution < -0.4 is 5.32 Å². The molecule has 4 rings (SSSR count). The van der Waals surface area contributed by atoms with Gasteiger partial charge < -0.3 is 10.1 Å². The highest BCUT2D eigenvalue weighted by Crippen LogP contribution is 2.33. The van der Waals surface area contributed by atoms with E-state index in [4.69, 9.17) is 4.74 Å². The van der Waals surface area contributed by atoms with E-state index in [-0.39, 0.29) is 24.0 Å².